The van der Waals surface area contributed by atoms with Crippen LogP contribution in [0.15, 0.2) is 18.2 Å². The molecule has 2 rings (SSSR count). The lowest BCUT2D eigenvalue weighted by Gasteiger charge is -2.42. The van der Waals surface area contributed by atoms with Crippen molar-refractivity contribution in [2.75, 3.05) is 6.61 Å². The number of carbonyl (C=O) groups excluding carboxylic acids is 1. The van der Waals surface area contributed by atoms with Crippen LogP contribution in [0.4, 0.5) is 5.69 Å². The maximum absolute atomic E-state index is 12.2. The van der Waals surface area contributed by atoms with Crippen LogP contribution < -0.4 is 11.1 Å². The van der Waals surface area contributed by atoms with Crippen LogP contribution >= 0.6 is 11.6 Å². The van der Waals surface area contributed by atoms with Gasteiger partial charge in [0.05, 0.1) is 27.7 Å². The second-order valence-corrected chi connectivity index (χ2v) is 5.22. The monoisotopic (exact) mass is 313 g/mol. The molecule has 0 heterocycles. The van der Waals surface area contributed by atoms with Gasteiger partial charge in [0.15, 0.2) is 0 Å². The SMILES string of the molecule is CCOC1CC(N)C1NC(=O)c1cc([N+](=O)[O-])ccc1Cl. The third-order valence-corrected chi connectivity index (χ3v) is 3.78. The normalized spacial score (nSPS) is 24.2. The highest BCUT2D eigenvalue weighted by atomic mass is 35.5. The fraction of sp³-hybridized carbons (Fsp3) is 0.462. The number of ether oxygens (including phenoxy) is 1. The molecule has 0 aliphatic heterocycles. The number of non-ortho nitro benzene ring substituents is 1. The first-order chi connectivity index (χ1) is 9.93. The van der Waals surface area contributed by atoms with Crippen molar-refractivity contribution in [3.05, 3.63) is 38.9 Å². The molecule has 0 saturated heterocycles. The van der Waals surface area contributed by atoms with Gasteiger partial charge in [-0.25, -0.2) is 0 Å². The van der Waals surface area contributed by atoms with E-state index in [0.29, 0.717) is 13.0 Å². The molecule has 0 radical (unpaired) electrons. The van der Waals surface area contributed by atoms with Crippen molar-refractivity contribution < 1.29 is 14.5 Å². The summed E-state index contributed by atoms with van der Waals surface area (Å²) < 4.78 is 5.45. The number of halogens is 1. The Morgan fingerprint density at radius 1 is 1.62 bits per heavy atom. The van der Waals surface area contributed by atoms with Crippen LogP contribution in [-0.4, -0.2) is 35.6 Å². The molecular formula is C13H16ClN3O4. The molecule has 0 spiro atoms. The van der Waals surface area contributed by atoms with E-state index in [9.17, 15) is 14.9 Å². The molecule has 3 unspecified atom stereocenters. The Bertz CT molecular complexity index is 564. The van der Waals surface area contributed by atoms with Gasteiger partial charge in [-0.2, -0.15) is 0 Å². The van der Waals surface area contributed by atoms with Crippen molar-refractivity contribution in [3.8, 4) is 0 Å². The molecule has 21 heavy (non-hydrogen) atoms. The van der Waals surface area contributed by atoms with E-state index in [1.165, 1.54) is 12.1 Å². The number of carbonyl (C=O) groups is 1. The molecule has 1 saturated carbocycles. The Balaban J connectivity index is 2.13. The molecule has 1 aliphatic rings. The summed E-state index contributed by atoms with van der Waals surface area (Å²) >= 11 is 5.93. The fourth-order valence-electron chi connectivity index (χ4n) is 2.26. The van der Waals surface area contributed by atoms with E-state index in [4.69, 9.17) is 22.1 Å². The molecule has 114 valence electrons. The number of nitrogens with one attached hydrogen (secondary N) is 1. The first kappa shape index (κ1) is 15.7. The van der Waals surface area contributed by atoms with E-state index in [-0.39, 0.29) is 34.5 Å². The highest BCUT2D eigenvalue weighted by molar-refractivity contribution is 6.34. The molecule has 7 nitrogen and oxygen atoms in total. The highest BCUT2D eigenvalue weighted by Gasteiger charge is 2.40. The van der Waals surface area contributed by atoms with E-state index < -0.39 is 10.8 Å². The summed E-state index contributed by atoms with van der Waals surface area (Å²) in [6.07, 6.45) is 0.535. The summed E-state index contributed by atoms with van der Waals surface area (Å²) in [7, 11) is 0. The minimum absolute atomic E-state index is 0.0558. The van der Waals surface area contributed by atoms with Crippen LogP contribution in [0.2, 0.25) is 5.02 Å². The van der Waals surface area contributed by atoms with Crippen molar-refractivity contribution in [2.24, 2.45) is 5.73 Å². The Morgan fingerprint density at radius 2 is 2.33 bits per heavy atom. The Morgan fingerprint density at radius 3 is 2.90 bits per heavy atom. The number of nitrogens with zero attached hydrogens (tertiary/aromatic N) is 1. The number of nitro benzene ring substituents is 1. The molecule has 3 atom stereocenters. The summed E-state index contributed by atoms with van der Waals surface area (Å²) in [5, 5.41) is 13.6. The van der Waals surface area contributed by atoms with E-state index in [2.05, 4.69) is 5.32 Å². The summed E-state index contributed by atoms with van der Waals surface area (Å²) in [6.45, 7) is 2.39. The summed E-state index contributed by atoms with van der Waals surface area (Å²) in [5.41, 5.74) is 5.71. The lowest BCUT2D eigenvalue weighted by molar-refractivity contribution is -0.384. The zero-order valence-electron chi connectivity index (χ0n) is 11.4. The largest absolute Gasteiger partial charge is 0.376 e. The molecule has 1 amide bonds. The maximum atomic E-state index is 12.2. The van der Waals surface area contributed by atoms with Gasteiger partial charge in [0.25, 0.3) is 11.6 Å². The number of benzene rings is 1. The van der Waals surface area contributed by atoms with Gasteiger partial charge >= 0.3 is 0 Å². The molecular weight excluding hydrogens is 298 g/mol. The van der Waals surface area contributed by atoms with Gasteiger partial charge < -0.3 is 15.8 Å². The highest BCUT2D eigenvalue weighted by Crippen LogP contribution is 2.25. The summed E-state index contributed by atoms with van der Waals surface area (Å²) in [4.78, 5) is 22.4. The number of hydrogen-bond acceptors (Lipinski definition) is 5. The number of rotatable bonds is 5. The van der Waals surface area contributed by atoms with Gasteiger partial charge in [-0.05, 0) is 19.4 Å². The molecule has 0 aromatic heterocycles. The predicted octanol–water partition coefficient (Wildman–Crippen LogP) is 1.48. The average molecular weight is 314 g/mol. The standard InChI is InChI=1S/C13H16ClN3O4/c1-2-21-11-6-10(15)12(11)16-13(18)8-5-7(17(19)20)3-4-9(8)14/h3-5,10-12H,2,6,15H2,1H3,(H,16,18). The van der Waals surface area contributed by atoms with E-state index in [1.807, 2.05) is 6.92 Å². The second-order valence-electron chi connectivity index (χ2n) is 4.81. The van der Waals surface area contributed by atoms with Crippen molar-refractivity contribution in [3.63, 3.8) is 0 Å². The first-order valence-corrected chi connectivity index (χ1v) is 6.93. The number of amides is 1. The predicted molar refractivity (Wildman–Crippen MR) is 77.4 cm³/mol. The molecule has 0 bridgehead atoms. The van der Waals surface area contributed by atoms with Gasteiger partial charge in [-0.15, -0.1) is 0 Å². The zero-order valence-corrected chi connectivity index (χ0v) is 12.2. The van der Waals surface area contributed by atoms with E-state index in [0.717, 1.165) is 6.07 Å². The molecule has 1 aromatic carbocycles. The smallest absolute Gasteiger partial charge is 0.270 e. The van der Waals surface area contributed by atoms with Gasteiger partial charge in [-0.1, -0.05) is 11.6 Å². The molecule has 8 heteroatoms. The molecule has 1 aliphatic carbocycles. The minimum Gasteiger partial charge on any atom is -0.376 e. The van der Waals surface area contributed by atoms with E-state index >= 15 is 0 Å². The summed E-state index contributed by atoms with van der Waals surface area (Å²) in [6, 6.07) is 3.22. The quantitative estimate of drug-likeness (QED) is 0.632. The van der Waals surface area contributed by atoms with Crippen LogP contribution in [0, 0.1) is 10.1 Å². The number of nitrogens with two attached hydrogens (primary N) is 1. The maximum Gasteiger partial charge on any atom is 0.270 e. The topological polar surface area (TPSA) is 107 Å². The van der Waals surface area contributed by atoms with Gasteiger partial charge in [0.2, 0.25) is 0 Å². The Labute approximate surface area is 126 Å². The third kappa shape index (κ3) is 3.31. The Kier molecular flexibility index (Phi) is 4.76. The lowest BCUT2D eigenvalue weighted by Crippen LogP contribution is -2.64. The second kappa shape index (κ2) is 6.38. The molecule has 1 fully saturated rings. The first-order valence-electron chi connectivity index (χ1n) is 6.56. The minimum atomic E-state index is -0.578. The van der Waals surface area contributed by atoms with Crippen molar-refractivity contribution >= 4 is 23.2 Å². The number of nitro groups is 1. The van der Waals surface area contributed by atoms with Gasteiger partial charge in [0, 0.05) is 24.8 Å². The van der Waals surface area contributed by atoms with Crippen LogP contribution in [0.1, 0.15) is 23.7 Å². The van der Waals surface area contributed by atoms with Gasteiger partial charge in [0.1, 0.15) is 0 Å². The van der Waals surface area contributed by atoms with Crippen molar-refractivity contribution in [2.45, 2.75) is 31.5 Å². The lowest BCUT2D eigenvalue weighted by atomic mass is 9.83. The van der Waals surface area contributed by atoms with Crippen LogP contribution in [-0.2, 0) is 4.74 Å². The van der Waals surface area contributed by atoms with Crippen molar-refractivity contribution in [1.29, 1.82) is 0 Å². The van der Waals surface area contributed by atoms with Crippen LogP contribution in [0.25, 0.3) is 0 Å². The summed E-state index contributed by atoms with van der Waals surface area (Å²) in [5.74, 6) is -0.492. The van der Waals surface area contributed by atoms with Crippen LogP contribution in [0.3, 0.4) is 0 Å². The zero-order chi connectivity index (χ0) is 15.6. The molecule has 1 aromatic rings. The number of hydrogen-bond donors (Lipinski definition) is 2. The third-order valence-electron chi connectivity index (χ3n) is 3.45. The fourth-order valence-corrected chi connectivity index (χ4v) is 2.46. The molecule has 3 N–H and O–H groups in total. The Hall–Kier alpha value is -1.70. The van der Waals surface area contributed by atoms with Crippen molar-refractivity contribution in [1.82, 2.24) is 5.32 Å². The van der Waals surface area contributed by atoms with Crippen LogP contribution in [0.5, 0.6) is 0 Å². The average Bonchev–Trinajstić information content (AvgIpc) is 2.44. The van der Waals surface area contributed by atoms with Gasteiger partial charge in [-0.3, -0.25) is 14.9 Å². The van der Waals surface area contributed by atoms with E-state index in [1.54, 1.807) is 0 Å².